The average molecular weight is 806 g/mol. The first-order chi connectivity index (χ1) is 19.8. The van der Waals surface area contributed by atoms with Crippen molar-refractivity contribution in [2.75, 3.05) is 18.8 Å². The lowest BCUT2D eigenvalue weighted by atomic mass is 10.0. The standard InChI is InChI=1S/C13H14BrN3O.C7H6BrNO2.C6H12N2O.Cl3OP/c1-13(2)7-17-11(6-15-13)16-10-5-8(14)3-4-9(10)12(17)18;8-5-1-2-7(11-4-10)6(9)3-5;1-6(2)4-7-5(9)3-8-6;1-5(2,3)4/h3-5,15H,6-7H2,1-2H3;1-4H,9H2;8H,3-4H2,1-2H3,(H,7,9);. The molecule has 2 aliphatic heterocycles. The fraction of sp³-hybridized carbons (Fsp3) is 0.385. The van der Waals surface area contributed by atoms with Crippen molar-refractivity contribution in [2.45, 2.75) is 51.9 Å². The molecule has 0 bridgehead atoms. The Morgan fingerprint density at radius 3 is 2.12 bits per heavy atom. The van der Waals surface area contributed by atoms with E-state index in [4.69, 9.17) is 5.73 Å². The Bertz CT molecular complexity index is 1550. The number of carbonyl (C=O) groups is 2. The number of hydrogen-bond donors (Lipinski definition) is 4. The molecule has 0 aliphatic carbocycles. The molecule has 43 heavy (non-hydrogen) atoms. The second-order valence-electron chi connectivity index (χ2n) is 10.6. The maximum absolute atomic E-state index is 12.5. The van der Waals surface area contributed by atoms with Gasteiger partial charge in [0, 0.05) is 33.1 Å². The van der Waals surface area contributed by atoms with Crippen molar-refractivity contribution in [1.29, 1.82) is 0 Å². The van der Waals surface area contributed by atoms with Crippen LogP contribution in [0.1, 0.15) is 33.5 Å². The van der Waals surface area contributed by atoms with Crippen molar-refractivity contribution >= 4 is 99.8 Å². The van der Waals surface area contributed by atoms with Crippen molar-refractivity contribution in [1.82, 2.24) is 25.5 Å². The largest absolute Gasteiger partial charge is 0.427 e. The van der Waals surface area contributed by atoms with E-state index in [-0.39, 0.29) is 22.5 Å². The number of fused-ring (bicyclic) bond motifs is 2. The molecular weight excluding hydrogens is 773 g/mol. The number of rotatable bonds is 2. The first kappa shape index (κ1) is 37.5. The Morgan fingerprint density at radius 2 is 1.58 bits per heavy atom. The number of piperazine rings is 1. The van der Waals surface area contributed by atoms with Gasteiger partial charge in [0.25, 0.3) is 12.0 Å². The second-order valence-corrected chi connectivity index (χ2v) is 19.1. The highest BCUT2D eigenvalue weighted by atomic mass is 79.9. The Kier molecular flexibility index (Phi) is 14.0. The highest BCUT2D eigenvalue weighted by molar-refractivity contribution is 9.10. The van der Waals surface area contributed by atoms with Crippen molar-refractivity contribution < 1.29 is 18.9 Å². The van der Waals surface area contributed by atoms with Crippen LogP contribution in [0.15, 0.2) is 50.1 Å². The zero-order valence-corrected chi connectivity index (χ0v) is 30.1. The molecule has 5 N–H and O–H groups in total. The van der Waals surface area contributed by atoms with E-state index in [0.717, 1.165) is 26.8 Å². The monoisotopic (exact) mass is 802 g/mol. The number of benzene rings is 2. The van der Waals surface area contributed by atoms with Crippen LogP contribution in [0.5, 0.6) is 5.75 Å². The van der Waals surface area contributed by atoms with Crippen LogP contribution in [0, 0.1) is 0 Å². The Balaban J connectivity index is 0.000000222. The predicted octanol–water partition coefficient (Wildman–Crippen LogP) is 5.90. The average Bonchev–Trinajstić information content (AvgIpc) is 2.88. The van der Waals surface area contributed by atoms with E-state index in [2.05, 4.69) is 119 Å². The fourth-order valence-electron chi connectivity index (χ4n) is 3.75. The van der Waals surface area contributed by atoms with Gasteiger partial charge in [-0.25, -0.2) is 4.98 Å². The third-order valence-corrected chi connectivity index (χ3v) is 6.86. The lowest BCUT2D eigenvalue weighted by molar-refractivity contribution is -0.122. The molecule has 1 amide bonds. The Labute approximate surface area is 280 Å². The van der Waals surface area contributed by atoms with E-state index >= 15 is 0 Å². The molecule has 1 aromatic heterocycles. The molecule has 17 heteroatoms. The van der Waals surface area contributed by atoms with E-state index in [0.29, 0.717) is 42.9 Å². The number of nitrogens with one attached hydrogen (secondary N) is 3. The molecule has 0 atom stereocenters. The number of anilines is 1. The maximum Gasteiger partial charge on any atom is 0.339 e. The van der Waals surface area contributed by atoms with Crippen LogP contribution in [-0.2, 0) is 27.2 Å². The maximum atomic E-state index is 12.5. The third kappa shape index (κ3) is 13.4. The summed E-state index contributed by atoms with van der Waals surface area (Å²) < 4.78 is 17.7. The quantitative estimate of drug-likeness (QED) is 0.141. The summed E-state index contributed by atoms with van der Waals surface area (Å²) in [5.41, 5.74) is 6.74. The minimum Gasteiger partial charge on any atom is -0.427 e. The summed E-state index contributed by atoms with van der Waals surface area (Å²) >= 11 is 20.5. The number of carbonyl (C=O) groups excluding carboxylic acids is 2. The molecule has 11 nitrogen and oxygen atoms in total. The third-order valence-electron chi connectivity index (χ3n) is 5.88. The number of nitrogens with two attached hydrogens (primary N) is 1. The molecule has 1 fully saturated rings. The van der Waals surface area contributed by atoms with Gasteiger partial charge in [-0.3, -0.25) is 23.5 Å². The lowest BCUT2D eigenvalue weighted by Gasteiger charge is -2.33. The van der Waals surface area contributed by atoms with Crippen LogP contribution >= 0.6 is 70.8 Å². The van der Waals surface area contributed by atoms with Gasteiger partial charge in [0.05, 0.1) is 29.7 Å². The van der Waals surface area contributed by atoms with Crippen LogP contribution < -0.4 is 32.0 Å². The number of amides is 1. The van der Waals surface area contributed by atoms with Crippen molar-refractivity contribution in [3.63, 3.8) is 0 Å². The van der Waals surface area contributed by atoms with E-state index in [9.17, 15) is 18.9 Å². The Hall–Kier alpha value is -1.70. The summed E-state index contributed by atoms with van der Waals surface area (Å²) in [7, 11) is 0. The summed E-state index contributed by atoms with van der Waals surface area (Å²) in [6, 6.07) is 10.6. The molecule has 236 valence electrons. The zero-order valence-electron chi connectivity index (χ0n) is 23.7. The van der Waals surface area contributed by atoms with Gasteiger partial charge in [-0.1, -0.05) is 31.9 Å². The van der Waals surface area contributed by atoms with Gasteiger partial charge >= 0.3 is 5.20 Å². The summed E-state index contributed by atoms with van der Waals surface area (Å²) in [6.07, 6.45) is 0. The van der Waals surface area contributed by atoms with Crippen LogP contribution in [0.25, 0.3) is 10.9 Å². The van der Waals surface area contributed by atoms with Gasteiger partial charge < -0.3 is 26.4 Å². The number of nitrogen functional groups attached to an aromatic ring is 1. The molecule has 3 heterocycles. The molecule has 3 aromatic rings. The number of ether oxygens (including phenoxy) is 1. The van der Waals surface area contributed by atoms with Gasteiger partial charge in [-0.15, -0.1) is 0 Å². The molecule has 0 saturated carbocycles. The lowest BCUT2D eigenvalue weighted by Crippen LogP contribution is -2.57. The number of aromatic nitrogens is 2. The van der Waals surface area contributed by atoms with Crippen LogP contribution in [0.3, 0.4) is 0 Å². The summed E-state index contributed by atoms with van der Waals surface area (Å²) in [6.45, 7) is 11.1. The highest BCUT2D eigenvalue weighted by Crippen LogP contribution is 2.61. The van der Waals surface area contributed by atoms with E-state index in [1.54, 1.807) is 22.8 Å². The summed E-state index contributed by atoms with van der Waals surface area (Å²) in [5, 5.41) is 6.71. The number of halogens is 5. The normalized spacial score (nSPS) is 16.4. The number of hydrogen-bond acceptors (Lipinski definition) is 9. The minimum atomic E-state index is -3.22. The van der Waals surface area contributed by atoms with Gasteiger partial charge in [0.15, 0.2) is 5.75 Å². The summed E-state index contributed by atoms with van der Waals surface area (Å²) in [5.74, 6) is 1.28. The smallest absolute Gasteiger partial charge is 0.339 e. The van der Waals surface area contributed by atoms with E-state index in [1.807, 2.05) is 18.2 Å². The van der Waals surface area contributed by atoms with Gasteiger partial charge in [0.1, 0.15) is 5.82 Å². The molecule has 0 radical (unpaired) electrons. The van der Waals surface area contributed by atoms with Gasteiger partial charge in [-0.05, 0) is 97.8 Å². The minimum absolute atomic E-state index is 0.0528. The molecule has 0 spiro atoms. The summed E-state index contributed by atoms with van der Waals surface area (Å²) in [4.78, 5) is 37.5. The van der Waals surface area contributed by atoms with E-state index in [1.165, 1.54) is 0 Å². The van der Waals surface area contributed by atoms with E-state index < -0.39 is 5.20 Å². The highest BCUT2D eigenvalue weighted by Gasteiger charge is 2.26. The van der Waals surface area contributed by atoms with Crippen molar-refractivity contribution in [3.05, 3.63) is 61.5 Å². The second kappa shape index (κ2) is 16.0. The topological polar surface area (TPSA) is 157 Å². The SMILES string of the molecule is CC1(C)CNC(=O)CN1.CC1(C)Cn2c(nc3cc(Br)ccc3c2=O)CN1.Nc1cc(Br)ccc1OC=O.O=P(Cl)(Cl)Cl. The zero-order chi connectivity index (χ0) is 32.6. The first-order valence-corrected chi connectivity index (χ1v) is 18.6. The van der Waals surface area contributed by atoms with Crippen LogP contribution in [-0.4, -0.2) is 46.1 Å². The molecule has 2 aromatic carbocycles. The molecule has 0 unspecified atom stereocenters. The fourth-order valence-corrected chi connectivity index (χ4v) is 4.48. The Morgan fingerprint density at radius 1 is 1.00 bits per heavy atom. The van der Waals surface area contributed by atoms with Gasteiger partial charge in [0.2, 0.25) is 5.91 Å². The van der Waals surface area contributed by atoms with Crippen molar-refractivity contribution in [2.24, 2.45) is 0 Å². The van der Waals surface area contributed by atoms with Crippen molar-refractivity contribution in [3.8, 4) is 5.75 Å². The molecule has 1 saturated heterocycles. The van der Waals surface area contributed by atoms with Crippen LogP contribution in [0.4, 0.5) is 5.69 Å². The number of nitrogens with zero attached hydrogens (tertiary/aromatic N) is 2. The van der Waals surface area contributed by atoms with Crippen LogP contribution in [0.2, 0.25) is 0 Å². The molecule has 2 aliphatic rings. The predicted molar refractivity (Wildman–Crippen MR) is 180 cm³/mol. The molecule has 5 rings (SSSR count). The molecular formula is C26H32Br2Cl3N6O5P. The van der Waals surface area contributed by atoms with Gasteiger partial charge in [-0.2, -0.15) is 0 Å². The first-order valence-electron chi connectivity index (χ1n) is 12.6.